The van der Waals surface area contributed by atoms with E-state index in [1.807, 2.05) is 6.07 Å². The topological polar surface area (TPSA) is 28.5 Å². The molecule has 2 aromatic rings. The van der Waals surface area contributed by atoms with Crippen LogP contribution in [0.15, 0.2) is 48.5 Å². The fourth-order valence-corrected chi connectivity index (χ4v) is 3.70. The summed E-state index contributed by atoms with van der Waals surface area (Å²) >= 11 is 5.50. The standard InChI is InChI=1S/C21H27N3S/c1-2-17-9-5-6-12-20(17)23-21(25)22-15-18-10-3-4-11-19(18)16-24-13-7-8-14-24/h3-6,9-12H,2,7-8,13-16H2,1H3,(H2,22,23,25)/p+1. The molecule has 1 aliphatic heterocycles. The fourth-order valence-electron chi connectivity index (χ4n) is 3.52. The van der Waals surface area contributed by atoms with E-state index < -0.39 is 0 Å². The average Bonchev–Trinajstić information content (AvgIpc) is 3.14. The molecule has 1 aliphatic rings. The van der Waals surface area contributed by atoms with E-state index in [1.54, 1.807) is 4.90 Å². The van der Waals surface area contributed by atoms with Crippen LogP contribution in [0.25, 0.3) is 0 Å². The number of rotatable bonds is 6. The van der Waals surface area contributed by atoms with Gasteiger partial charge in [0.15, 0.2) is 5.11 Å². The zero-order chi connectivity index (χ0) is 17.5. The maximum absolute atomic E-state index is 5.50. The quantitative estimate of drug-likeness (QED) is 0.697. The molecule has 1 saturated heterocycles. The number of nitrogens with one attached hydrogen (secondary N) is 3. The molecule has 0 spiro atoms. The minimum absolute atomic E-state index is 0.684. The zero-order valence-corrected chi connectivity index (χ0v) is 15.8. The Bertz CT molecular complexity index is 708. The van der Waals surface area contributed by atoms with Gasteiger partial charge in [0.2, 0.25) is 0 Å². The van der Waals surface area contributed by atoms with E-state index in [-0.39, 0.29) is 0 Å². The van der Waals surface area contributed by atoms with E-state index in [2.05, 4.69) is 60.0 Å². The van der Waals surface area contributed by atoms with Crippen LogP contribution in [0.1, 0.15) is 36.5 Å². The van der Waals surface area contributed by atoms with Crippen molar-refractivity contribution in [3.63, 3.8) is 0 Å². The Morgan fingerprint density at radius 3 is 2.32 bits per heavy atom. The van der Waals surface area contributed by atoms with Crippen LogP contribution in [-0.2, 0) is 19.5 Å². The first-order valence-electron chi connectivity index (χ1n) is 9.29. The van der Waals surface area contributed by atoms with E-state index in [0.717, 1.165) is 25.2 Å². The van der Waals surface area contributed by atoms with Crippen molar-refractivity contribution < 1.29 is 4.90 Å². The van der Waals surface area contributed by atoms with Gasteiger partial charge < -0.3 is 15.5 Å². The summed E-state index contributed by atoms with van der Waals surface area (Å²) in [5.74, 6) is 0. The first kappa shape index (κ1) is 17.9. The van der Waals surface area contributed by atoms with Gasteiger partial charge in [0.25, 0.3) is 0 Å². The molecule has 0 saturated carbocycles. The van der Waals surface area contributed by atoms with Gasteiger partial charge in [0.05, 0.1) is 13.1 Å². The molecule has 25 heavy (non-hydrogen) atoms. The van der Waals surface area contributed by atoms with Gasteiger partial charge in [-0.3, -0.25) is 0 Å². The van der Waals surface area contributed by atoms with E-state index in [4.69, 9.17) is 12.2 Å². The number of thiocarbonyl (C=S) groups is 1. The Kier molecular flexibility index (Phi) is 6.42. The van der Waals surface area contributed by atoms with Crippen molar-refractivity contribution in [1.82, 2.24) is 5.32 Å². The van der Waals surface area contributed by atoms with Crippen molar-refractivity contribution in [2.24, 2.45) is 0 Å². The van der Waals surface area contributed by atoms with Gasteiger partial charge in [0, 0.05) is 30.6 Å². The predicted octanol–water partition coefficient (Wildman–Crippen LogP) is 2.91. The molecule has 4 heteroatoms. The molecule has 3 nitrogen and oxygen atoms in total. The van der Waals surface area contributed by atoms with Crippen molar-refractivity contribution in [2.75, 3.05) is 18.4 Å². The zero-order valence-electron chi connectivity index (χ0n) is 15.0. The van der Waals surface area contributed by atoms with Gasteiger partial charge in [-0.1, -0.05) is 49.4 Å². The minimum atomic E-state index is 0.684. The summed E-state index contributed by atoms with van der Waals surface area (Å²) in [4.78, 5) is 1.70. The largest absolute Gasteiger partial charge is 0.358 e. The van der Waals surface area contributed by atoms with Crippen LogP contribution in [0, 0.1) is 0 Å². The Hall–Kier alpha value is -1.91. The number of hydrogen-bond donors (Lipinski definition) is 3. The average molecular weight is 355 g/mol. The molecule has 0 amide bonds. The number of quaternary nitrogens is 1. The summed E-state index contributed by atoms with van der Waals surface area (Å²) in [6, 6.07) is 17.0. The lowest BCUT2D eigenvalue weighted by atomic mass is 10.1. The number of benzene rings is 2. The van der Waals surface area contributed by atoms with Crippen molar-refractivity contribution >= 4 is 23.0 Å². The Morgan fingerprint density at radius 1 is 0.960 bits per heavy atom. The molecule has 3 rings (SSSR count). The highest BCUT2D eigenvalue weighted by molar-refractivity contribution is 7.80. The molecule has 0 aliphatic carbocycles. The molecule has 0 aromatic heterocycles. The maximum atomic E-state index is 5.50. The second kappa shape index (κ2) is 8.97. The van der Waals surface area contributed by atoms with Crippen LogP contribution in [-0.4, -0.2) is 18.2 Å². The van der Waals surface area contributed by atoms with Crippen LogP contribution in [0.2, 0.25) is 0 Å². The Labute approximate surface area is 156 Å². The summed E-state index contributed by atoms with van der Waals surface area (Å²) in [6.45, 7) is 6.65. The van der Waals surface area contributed by atoms with Gasteiger partial charge in [-0.2, -0.15) is 0 Å². The second-order valence-electron chi connectivity index (χ2n) is 6.72. The summed E-state index contributed by atoms with van der Waals surface area (Å²) in [5, 5.41) is 7.40. The first-order valence-corrected chi connectivity index (χ1v) is 9.70. The molecule has 1 fully saturated rings. The molecule has 0 unspecified atom stereocenters. The molecule has 0 bridgehead atoms. The van der Waals surface area contributed by atoms with Gasteiger partial charge >= 0.3 is 0 Å². The Balaban J connectivity index is 1.58. The molecule has 0 atom stereocenters. The number of likely N-dealkylation sites (tertiary alicyclic amines) is 1. The van der Waals surface area contributed by atoms with Crippen LogP contribution < -0.4 is 15.5 Å². The number of hydrogen-bond acceptors (Lipinski definition) is 1. The maximum Gasteiger partial charge on any atom is 0.171 e. The van der Waals surface area contributed by atoms with E-state index >= 15 is 0 Å². The van der Waals surface area contributed by atoms with Crippen molar-refractivity contribution in [2.45, 2.75) is 39.3 Å². The summed E-state index contributed by atoms with van der Waals surface area (Å²) in [5.41, 5.74) is 5.15. The molecule has 2 aromatic carbocycles. The lowest BCUT2D eigenvalue weighted by Gasteiger charge is -2.17. The number of aryl methyl sites for hydroxylation is 1. The fraction of sp³-hybridized carbons (Fsp3) is 0.381. The van der Waals surface area contributed by atoms with Gasteiger partial charge in [-0.15, -0.1) is 0 Å². The first-order chi connectivity index (χ1) is 12.3. The lowest BCUT2D eigenvalue weighted by molar-refractivity contribution is -0.901. The lowest BCUT2D eigenvalue weighted by Crippen LogP contribution is -3.08. The SMILES string of the molecule is CCc1ccccc1NC(=S)NCc1ccccc1C[NH+]1CCCC1. The second-order valence-corrected chi connectivity index (χ2v) is 7.13. The van der Waals surface area contributed by atoms with Crippen LogP contribution in [0.5, 0.6) is 0 Å². The smallest absolute Gasteiger partial charge is 0.171 e. The highest BCUT2D eigenvalue weighted by atomic mass is 32.1. The molecule has 132 valence electrons. The third-order valence-electron chi connectivity index (χ3n) is 4.96. The van der Waals surface area contributed by atoms with Gasteiger partial charge in [-0.05, 0) is 35.8 Å². The summed E-state index contributed by atoms with van der Waals surface area (Å²) < 4.78 is 0. The third kappa shape index (κ3) is 5.03. The molecule has 1 heterocycles. The molecular weight excluding hydrogens is 326 g/mol. The van der Waals surface area contributed by atoms with E-state index in [1.165, 1.54) is 42.6 Å². The molecule has 3 N–H and O–H groups in total. The van der Waals surface area contributed by atoms with Crippen LogP contribution in [0.3, 0.4) is 0 Å². The van der Waals surface area contributed by atoms with Gasteiger partial charge in [-0.25, -0.2) is 0 Å². The van der Waals surface area contributed by atoms with Crippen molar-refractivity contribution in [3.8, 4) is 0 Å². The summed E-state index contributed by atoms with van der Waals surface area (Å²) in [6.07, 6.45) is 3.72. The van der Waals surface area contributed by atoms with Crippen molar-refractivity contribution in [1.29, 1.82) is 0 Å². The van der Waals surface area contributed by atoms with E-state index in [0.29, 0.717) is 5.11 Å². The highest BCUT2D eigenvalue weighted by Crippen LogP contribution is 2.15. The van der Waals surface area contributed by atoms with Crippen LogP contribution in [0.4, 0.5) is 5.69 Å². The van der Waals surface area contributed by atoms with Crippen molar-refractivity contribution in [3.05, 3.63) is 65.2 Å². The summed E-state index contributed by atoms with van der Waals surface area (Å²) in [7, 11) is 0. The third-order valence-corrected chi connectivity index (χ3v) is 5.20. The molecular formula is C21H28N3S+. The highest BCUT2D eigenvalue weighted by Gasteiger charge is 2.17. The Morgan fingerprint density at radius 2 is 1.60 bits per heavy atom. The normalized spacial score (nSPS) is 14.4. The van der Waals surface area contributed by atoms with E-state index in [9.17, 15) is 0 Å². The minimum Gasteiger partial charge on any atom is -0.358 e. The predicted molar refractivity (Wildman–Crippen MR) is 109 cm³/mol. The number of anilines is 1. The number of para-hydroxylation sites is 1. The monoisotopic (exact) mass is 354 g/mol. The molecule has 0 radical (unpaired) electrons. The van der Waals surface area contributed by atoms with Gasteiger partial charge in [0.1, 0.15) is 6.54 Å². The van der Waals surface area contributed by atoms with Crippen LogP contribution >= 0.6 is 12.2 Å².